The van der Waals surface area contributed by atoms with Crippen LogP contribution in [0.5, 0.6) is 0 Å². The Balaban J connectivity index is 1.98. The fourth-order valence-corrected chi connectivity index (χ4v) is 1.64. The van der Waals surface area contributed by atoms with Gasteiger partial charge in [-0.3, -0.25) is 0 Å². The molecule has 0 atom stereocenters. The lowest BCUT2D eigenvalue weighted by molar-refractivity contribution is 0.388. The number of aromatic nitrogens is 1. The van der Waals surface area contributed by atoms with Gasteiger partial charge >= 0.3 is 0 Å². The molecule has 0 aliphatic rings. The van der Waals surface area contributed by atoms with E-state index in [-0.39, 0.29) is 5.82 Å². The first-order valence-corrected chi connectivity index (χ1v) is 5.50. The van der Waals surface area contributed by atoms with Gasteiger partial charge in [0.2, 0.25) is 0 Å². The molecule has 0 radical (unpaired) electrons. The molecule has 2 rings (SSSR count). The standard InChI is InChI=1S/C13H12FN3O/c1-9-4-13(17-18-9)8-16-7-11-5-12(14)3-2-10(11)6-15/h2-5,16H,7-8H2,1H3. The zero-order valence-electron chi connectivity index (χ0n) is 9.90. The van der Waals surface area contributed by atoms with E-state index in [1.807, 2.05) is 19.1 Å². The summed E-state index contributed by atoms with van der Waals surface area (Å²) in [6, 6.07) is 7.98. The average molecular weight is 245 g/mol. The first kappa shape index (κ1) is 12.3. The Kier molecular flexibility index (Phi) is 3.70. The summed E-state index contributed by atoms with van der Waals surface area (Å²) in [7, 11) is 0. The fraction of sp³-hybridized carbons (Fsp3) is 0.231. The van der Waals surface area contributed by atoms with E-state index in [1.165, 1.54) is 18.2 Å². The third-order valence-corrected chi connectivity index (χ3v) is 2.49. The van der Waals surface area contributed by atoms with E-state index in [0.717, 1.165) is 11.5 Å². The number of nitriles is 1. The fourth-order valence-electron chi connectivity index (χ4n) is 1.64. The molecule has 2 aromatic rings. The molecule has 0 saturated carbocycles. The second-order valence-electron chi connectivity index (χ2n) is 3.95. The van der Waals surface area contributed by atoms with Gasteiger partial charge in [0, 0.05) is 19.2 Å². The zero-order valence-corrected chi connectivity index (χ0v) is 9.90. The van der Waals surface area contributed by atoms with Crippen LogP contribution >= 0.6 is 0 Å². The summed E-state index contributed by atoms with van der Waals surface area (Å²) < 4.78 is 18.0. The number of rotatable bonds is 4. The van der Waals surface area contributed by atoms with Gasteiger partial charge in [-0.15, -0.1) is 0 Å². The number of aryl methyl sites for hydroxylation is 1. The smallest absolute Gasteiger partial charge is 0.133 e. The van der Waals surface area contributed by atoms with Crippen LogP contribution < -0.4 is 5.32 Å². The molecule has 4 nitrogen and oxygen atoms in total. The van der Waals surface area contributed by atoms with E-state index in [2.05, 4.69) is 10.5 Å². The molecule has 1 aromatic heterocycles. The highest BCUT2D eigenvalue weighted by atomic mass is 19.1. The minimum atomic E-state index is -0.344. The van der Waals surface area contributed by atoms with Crippen molar-refractivity contribution in [2.75, 3.05) is 0 Å². The maximum Gasteiger partial charge on any atom is 0.133 e. The van der Waals surface area contributed by atoms with Crippen molar-refractivity contribution in [3.8, 4) is 6.07 Å². The lowest BCUT2D eigenvalue weighted by atomic mass is 10.1. The Bertz CT molecular complexity index is 586. The molecule has 0 aliphatic heterocycles. The Morgan fingerprint density at radius 3 is 2.89 bits per heavy atom. The van der Waals surface area contributed by atoms with Gasteiger partial charge in [-0.1, -0.05) is 5.16 Å². The van der Waals surface area contributed by atoms with Crippen LogP contribution in [0.3, 0.4) is 0 Å². The van der Waals surface area contributed by atoms with Gasteiger partial charge in [0.25, 0.3) is 0 Å². The minimum absolute atomic E-state index is 0.344. The molecule has 0 fully saturated rings. The second-order valence-corrected chi connectivity index (χ2v) is 3.95. The number of hydrogen-bond acceptors (Lipinski definition) is 4. The minimum Gasteiger partial charge on any atom is -0.361 e. The third-order valence-electron chi connectivity index (χ3n) is 2.49. The number of halogens is 1. The number of hydrogen-bond donors (Lipinski definition) is 1. The summed E-state index contributed by atoms with van der Waals surface area (Å²) in [6.07, 6.45) is 0. The van der Waals surface area contributed by atoms with Crippen molar-refractivity contribution < 1.29 is 8.91 Å². The Hall–Kier alpha value is -2.19. The predicted octanol–water partition coefficient (Wildman–Crippen LogP) is 2.28. The quantitative estimate of drug-likeness (QED) is 0.897. The van der Waals surface area contributed by atoms with Gasteiger partial charge in [0.05, 0.1) is 17.3 Å². The van der Waals surface area contributed by atoms with Crippen molar-refractivity contribution in [3.05, 3.63) is 52.7 Å². The van der Waals surface area contributed by atoms with E-state index in [9.17, 15) is 4.39 Å². The van der Waals surface area contributed by atoms with Crippen molar-refractivity contribution in [1.82, 2.24) is 10.5 Å². The molecular weight excluding hydrogens is 233 g/mol. The maximum absolute atomic E-state index is 13.1. The highest BCUT2D eigenvalue weighted by Crippen LogP contribution is 2.10. The van der Waals surface area contributed by atoms with Crippen LogP contribution in [0.15, 0.2) is 28.8 Å². The highest BCUT2D eigenvalue weighted by Gasteiger charge is 2.04. The molecule has 1 heterocycles. The molecule has 0 bridgehead atoms. The van der Waals surface area contributed by atoms with Crippen molar-refractivity contribution in [1.29, 1.82) is 5.26 Å². The van der Waals surface area contributed by atoms with Crippen molar-refractivity contribution in [2.45, 2.75) is 20.0 Å². The number of nitrogens with one attached hydrogen (secondary N) is 1. The van der Waals surface area contributed by atoms with Gasteiger partial charge in [-0.25, -0.2) is 4.39 Å². The molecule has 0 spiro atoms. The average Bonchev–Trinajstić information content (AvgIpc) is 2.75. The van der Waals surface area contributed by atoms with Crippen LogP contribution in [0.1, 0.15) is 22.6 Å². The summed E-state index contributed by atoms with van der Waals surface area (Å²) in [4.78, 5) is 0. The van der Waals surface area contributed by atoms with E-state index in [1.54, 1.807) is 0 Å². The van der Waals surface area contributed by atoms with Gasteiger partial charge in [0.1, 0.15) is 11.6 Å². The molecule has 0 unspecified atom stereocenters. The van der Waals surface area contributed by atoms with Crippen LogP contribution in [-0.2, 0) is 13.1 Å². The van der Waals surface area contributed by atoms with Crippen LogP contribution in [0.25, 0.3) is 0 Å². The SMILES string of the molecule is Cc1cc(CNCc2cc(F)ccc2C#N)no1. The first-order chi connectivity index (χ1) is 8.69. The van der Waals surface area contributed by atoms with Crippen molar-refractivity contribution in [3.63, 3.8) is 0 Å². The van der Waals surface area contributed by atoms with E-state index < -0.39 is 0 Å². The Morgan fingerprint density at radius 2 is 2.22 bits per heavy atom. The molecule has 0 amide bonds. The van der Waals surface area contributed by atoms with Gasteiger partial charge < -0.3 is 9.84 Å². The molecule has 18 heavy (non-hydrogen) atoms. The molecule has 0 aliphatic carbocycles. The summed E-state index contributed by atoms with van der Waals surface area (Å²) in [5, 5.41) is 15.8. The van der Waals surface area contributed by atoms with Crippen molar-refractivity contribution >= 4 is 0 Å². The number of nitrogens with zero attached hydrogens (tertiary/aromatic N) is 2. The highest BCUT2D eigenvalue weighted by molar-refractivity contribution is 5.37. The van der Waals surface area contributed by atoms with E-state index >= 15 is 0 Å². The molecule has 1 aromatic carbocycles. The monoisotopic (exact) mass is 245 g/mol. The van der Waals surface area contributed by atoms with Crippen LogP contribution in [0.2, 0.25) is 0 Å². The van der Waals surface area contributed by atoms with Gasteiger partial charge in [0.15, 0.2) is 0 Å². The normalized spacial score (nSPS) is 10.3. The Morgan fingerprint density at radius 1 is 1.39 bits per heavy atom. The largest absolute Gasteiger partial charge is 0.361 e. The van der Waals surface area contributed by atoms with Crippen molar-refractivity contribution in [2.24, 2.45) is 0 Å². The van der Waals surface area contributed by atoms with Gasteiger partial charge in [-0.05, 0) is 30.7 Å². The topological polar surface area (TPSA) is 61.9 Å². The second kappa shape index (κ2) is 5.43. The maximum atomic E-state index is 13.1. The zero-order chi connectivity index (χ0) is 13.0. The molecule has 92 valence electrons. The lowest BCUT2D eigenvalue weighted by Gasteiger charge is -2.05. The predicted molar refractivity (Wildman–Crippen MR) is 62.9 cm³/mol. The number of benzene rings is 1. The summed E-state index contributed by atoms with van der Waals surface area (Å²) >= 11 is 0. The molecule has 0 saturated heterocycles. The van der Waals surface area contributed by atoms with Crippen LogP contribution in [0.4, 0.5) is 4.39 Å². The Labute approximate surface area is 104 Å². The summed E-state index contributed by atoms with van der Waals surface area (Å²) in [5.41, 5.74) is 1.89. The van der Waals surface area contributed by atoms with E-state index in [4.69, 9.17) is 9.78 Å². The molecule has 1 N–H and O–H groups in total. The first-order valence-electron chi connectivity index (χ1n) is 5.50. The van der Waals surface area contributed by atoms with Crippen LogP contribution in [-0.4, -0.2) is 5.16 Å². The molecular formula is C13H12FN3O. The van der Waals surface area contributed by atoms with E-state index in [0.29, 0.717) is 24.2 Å². The third kappa shape index (κ3) is 2.93. The van der Waals surface area contributed by atoms with Gasteiger partial charge in [-0.2, -0.15) is 5.26 Å². The van der Waals surface area contributed by atoms with Crippen LogP contribution in [0, 0.1) is 24.1 Å². The summed E-state index contributed by atoms with van der Waals surface area (Å²) in [6.45, 7) is 2.74. The molecule has 5 heteroatoms. The summed E-state index contributed by atoms with van der Waals surface area (Å²) in [5.74, 6) is 0.401. The lowest BCUT2D eigenvalue weighted by Crippen LogP contribution is -2.14.